The van der Waals surface area contributed by atoms with Gasteiger partial charge in [-0.05, 0) is 6.92 Å². The summed E-state index contributed by atoms with van der Waals surface area (Å²) in [4.78, 5) is 12.1. The number of nitrogens with zero attached hydrogens (tertiary/aromatic N) is 1. The van der Waals surface area contributed by atoms with E-state index in [0.717, 1.165) is 0 Å². The molecule has 1 amide bonds. The molecule has 0 spiro atoms. The molecule has 1 heterocycles. The molecule has 1 aliphatic heterocycles. The van der Waals surface area contributed by atoms with Crippen LogP contribution in [0.1, 0.15) is 6.92 Å². The number of likely N-dealkylation sites (tertiary alicyclic amines) is 1. The Morgan fingerprint density at radius 1 is 1.75 bits per heavy atom. The van der Waals surface area contributed by atoms with Crippen molar-refractivity contribution in [3.63, 3.8) is 0 Å². The molecular formula is C7H12FNO3. The van der Waals surface area contributed by atoms with Crippen LogP contribution in [0.15, 0.2) is 0 Å². The van der Waals surface area contributed by atoms with Gasteiger partial charge in [0.25, 0.3) is 5.91 Å². The number of hydrogen-bond donors (Lipinski definition) is 2. The average Bonchev–Trinajstić information content (AvgIpc) is 1.97. The highest BCUT2D eigenvalue weighted by Crippen LogP contribution is 2.24. The van der Waals surface area contributed by atoms with Crippen LogP contribution in [0.2, 0.25) is 0 Å². The van der Waals surface area contributed by atoms with Gasteiger partial charge in [-0.25, -0.2) is 4.39 Å². The van der Waals surface area contributed by atoms with Crippen LogP contribution in [-0.2, 0) is 4.79 Å². The second kappa shape index (κ2) is 2.99. The van der Waals surface area contributed by atoms with Gasteiger partial charge in [-0.3, -0.25) is 4.79 Å². The van der Waals surface area contributed by atoms with Crippen LogP contribution in [0.4, 0.5) is 4.39 Å². The Labute approximate surface area is 69.6 Å². The Kier molecular flexibility index (Phi) is 2.34. The number of aliphatic hydroxyl groups is 2. The Bertz CT molecular complexity index is 189. The molecule has 1 rings (SSSR count). The molecule has 1 atom stereocenters. The topological polar surface area (TPSA) is 60.8 Å². The summed E-state index contributed by atoms with van der Waals surface area (Å²) in [5, 5.41) is 17.3. The molecular weight excluding hydrogens is 165 g/mol. The van der Waals surface area contributed by atoms with Crippen molar-refractivity contribution in [3.05, 3.63) is 0 Å². The fraction of sp³-hybridized carbons (Fsp3) is 0.857. The van der Waals surface area contributed by atoms with Crippen molar-refractivity contribution in [2.45, 2.75) is 18.7 Å². The molecule has 4 nitrogen and oxygen atoms in total. The van der Waals surface area contributed by atoms with E-state index >= 15 is 0 Å². The van der Waals surface area contributed by atoms with Gasteiger partial charge >= 0.3 is 0 Å². The summed E-state index contributed by atoms with van der Waals surface area (Å²) < 4.78 is 13.0. The van der Waals surface area contributed by atoms with Crippen molar-refractivity contribution in [2.75, 3.05) is 19.7 Å². The Morgan fingerprint density at radius 2 is 2.25 bits per heavy atom. The summed E-state index contributed by atoms with van der Waals surface area (Å²) in [5.74, 6) is -0.489. The summed E-state index contributed by atoms with van der Waals surface area (Å²) in [6.07, 6.45) is -1.09. The summed E-state index contributed by atoms with van der Waals surface area (Å²) in [7, 11) is 0. The van der Waals surface area contributed by atoms with E-state index in [4.69, 9.17) is 10.2 Å². The van der Waals surface area contributed by atoms with E-state index in [1.165, 1.54) is 11.8 Å². The number of carbonyl (C=O) groups excluding carboxylic acids is 1. The maximum Gasteiger partial charge on any atom is 0.251 e. The first-order valence-corrected chi connectivity index (χ1v) is 3.75. The minimum Gasteiger partial charge on any atom is -0.393 e. The maximum absolute atomic E-state index is 13.0. The van der Waals surface area contributed by atoms with Crippen LogP contribution >= 0.6 is 0 Å². The smallest absolute Gasteiger partial charge is 0.251 e. The van der Waals surface area contributed by atoms with Crippen molar-refractivity contribution in [1.82, 2.24) is 4.90 Å². The van der Waals surface area contributed by atoms with Gasteiger partial charge in [0, 0.05) is 0 Å². The number of aliphatic hydroxyl groups excluding tert-OH is 2. The van der Waals surface area contributed by atoms with Crippen molar-refractivity contribution in [2.24, 2.45) is 0 Å². The average molecular weight is 177 g/mol. The van der Waals surface area contributed by atoms with Gasteiger partial charge in [0.2, 0.25) is 0 Å². The normalized spacial score (nSPS) is 23.2. The van der Waals surface area contributed by atoms with Crippen molar-refractivity contribution in [3.8, 4) is 0 Å². The van der Waals surface area contributed by atoms with Gasteiger partial charge in [0.05, 0.1) is 19.7 Å². The number of rotatable bonds is 2. The van der Waals surface area contributed by atoms with E-state index in [-0.39, 0.29) is 13.1 Å². The molecule has 2 N–H and O–H groups in total. The van der Waals surface area contributed by atoms with Crippen LogP contribution in [-0.4, -0.2) is 52.5 Å². The predicted octanol–water partition coefficient (Wildman–Crippen LogP) is -1.09. The van der Waals surface area contributed by atoms with E-state index in [1.54, 1.807) is 0 Å². The summed E-state index contributed by atoms with van der Waals surface area (Å²) in [6, 6.07) is 0. The second-order valence-corrected chi connectivity index (χ2v) is 3.18. The number of amides is 1. The number of hydrogen-bond acceptors (Lipinski definition) is 3. The lowest BCUT2D eigenvalue weighted by Gasteiger charge is -2.43. The molecule has 0 aromatic rings. The van der Waals surface area contributed by atoms with Gasteiger partial charge in [0.1, 0.15) is 6.10 Å². The highest BCUT2D eigenvalue weighted by atomic mass is 19.1. The lowest BCUT2D eigenvalue weighted by atomic mass is 9.97. The van der Waals surface area contributed by atoms with Crippen molar-refractivity contribution < 1.29 is 19.4 Å². The lowest BCUT2D eigenvalue weighted by molar-refractivity contribution is -0.156. The lowest BCUT2D eigenvalue weighted by Crippen LogP contribution is -2.64. The first kappa shape index (κ1) is 9.41. The zero-order valence-corrected chi connectivity index (χ0v) is 6.83. The SMILES string of the molecule is C[C@@H](O)C(=O)N1CC(F)(CO)C1. The van der Waals surface area contributed by atoms with Gasteiger partial charge in [0.15, 0.2) is 5.67 Å². The summed E-state index contributed by atoms with van der Waals surface area (Å²) in [5.41, 5.74) is -1.65. The summed E-state index contributed by atoms with van der Waals surface area (Å²) in [6.45, 7) is 0.524. The zero-order chi connectivity index (χ0) is 9.35. The standard InChI is InChI=1S/C7H12FNO3/c1-5(11)6(12)9-2-7(8,3-9)4-10/h5,10-11H,2-4H2,1H3/t5-/m1/s1. The Morgan fingerprint density at radius 3 is 2.58 bits per heavy atom. The minimum atomic E-state index is -1.65. The van der Waals surface area contributed by atoms with E-state index in [1.807, 2.05) is 0 Å². The highest BCUT2D eigenvalue weighted by Gasteiger charge is 2.45. The molecule has 5 heteroatoms. The molecule has 0 bridgehead atoms. The van der Waals surface area contributed by atoms with E-state index in [9.17, 15) is 9.18 Å². The molecule has 0 aromatic heterocycles. The van der Waals surface area contributed by atoms with Crippen LogP contribution in [0.5, 0.6) is 0 Å². The fourth-order valence-electron chi connectivity index (χ4n) is 1.16. The van der Waals surface area contributed by atoms with E-state index in [0.29, 0.717) is 0 Å². The maximum atomic E-state index is 13.0. The van der Waals surface area contributed by atoms with Gasteiger partial charge in [-0.1, -0.05) is 0 Å². The Hall–Kier alpha value is -0.680. The molecule has 1 saturated heterocycles. The van der Waals surface area contributed by atoms with Crippen LogP contribution < -0.4 is 0 Å². The highest BCUT2D eigenvalue weighted by molar-refractivity contribution is 5.81. The quantitative estimate of drug-likeness (QED) is 0.563. The monoisotopic (exact) mass is 177 g/mol. The first-order valence-electron chi connectivity index (χ1n) is 3.75. The molecule has 0 saturated carbocycles. The van der Waals surface area contributed by atoms with Crippen molar-refractivity contribution in [1.29, 1.82) is 0 Å². The summed E-state index contributed by atoms with van der Waals surface area (Å²) >= 11 is 0. The number of alkyl halides is 1. The van der Waals surface area contributed by atoms with Crippen LogP contribution in [0.3, 0.4) is 0 Å². The largest absolute Gasteiger partial charge is 0.393 e. The Balaban J connectivity index is 2.39. The third kappa shape index (κ3) is 1.56. The van der Waals surface area contributed by atoms with Gasteiger partial charge in [-0.2, -0.15) is 0 Å². The van der Waals surface area contributed by atoms with Gasteiger partial charge < -0.3 is 15.1 Å². The second-order valence-electron chi connectivity index (χ2n) is 3.18. The number of halogens is 1. The van der Waals surface area contributed by atoms with Crippen LogP contribution in [0, 0.1) is 0 Å². The van der Waals surface area contributed by atoms with E-state index in [2.05, 4.69) is 0 Å². The van der Waals surface area contributed by atoms with Gasteiger partial charge in [-0.15, -0.1) is 0 Å². The third-order valence-electron chi connectivity index (χ3n) is 1.90. The minimum absolute atomic E-state index is 0.118. The molecule has 1 fully saturated rings. The molecule has 0 unspecified atom stereocenters. The zero-order valence-electron chi connectivity index (χ0n) is 6.83. The molecule has 0 aromatic carbocycles. The molecule has 12 heavy (non-hydrogen) atoms. The van der Waals surface area contributed by atoms with Crippen LogP contribution in [0.25, 0.3) is 0 Å². The first-order chi connectivity index (χ1) is 5.48. The number of carbonyl (C=O) groups is 1. The predicted molar refractivity (Wildman–Crippen MR) is 39.2 cm³/mol. The molecule has 1 aliphatic rings. The third-order valence-corrected chi connectivity index (χ3v) is 1.90. The van der Waals surface area contributed by atoms with Crippen molar-refractivity contribution >= 4 is 5.91 Å². The van der Waals surface area contributed by atoms with E-state index < -0.39 is 24.3 Å². The fourth-order valence-corrected chi connectivity index (χ4v) is 1.16. The molecule has 0 radical (unpaired) electrons. The molecule has 70 valence electrons. The molecule has 0 aliphatic carbocycles.